The first kappa shape index (κ1) is 15.2. The second-order valence-electron chi connectivity index (χ2n) is 8.61. The molecule has 4 aliphatic rings. The first-order valence-corrected chi connectivity index (χ1v) is 9.35. The molecule has 0 unspecified atom stereocenters. The minimum absolute atomic E-state index is 0.0575. The number of ether oxygens (including phenoxy) is 1. The highest BCUT2D eigenvalue weighted by Crippen LogP contribution is 2.56. The van der Waals surface area contributed by atoms with Crippen molar-refractivity contribution in [1.82, 2.24) is 10.2 Å². The molecular weight excluding hydrogens is 316 g/mol. The van der Waals surface area contributed by atoms with Crippen molar-refractivity contribution in [3.8, 4) is 0 Å². The highest BCUT2D eigenvalue weighted by Gasteiger charge is 2.55. The monoisotopic (exact) mass is 340 g/mol. The Hall–Kier alpha value is -2.04. The molecule has 25 heavy (non-hydrogen) atoms. The summed E-state index contributed by atoms with van der Waals surface area (Å²) in [4.78, 5) is 26.1. The van der Waals surface area contributed by atoms with Gasteiger partial charge in [0, 0.05) is 19.0 Å². The van der Waals surface area contributed by atoms with Crippen LogP contribution in [0.15, 0.2) is 30.3 Å². The molecule has 5 heteroatoms. The van der Waals surface area contributed by atoms with Crippen LogP contribution < -0.4 is 5.32 Å². The quantitative estimate of drug-likeness (QED) is 0.900. The summed E-state index contributed by atoms with van der Waals surface area (Å²) in [6.45, 7) is 2.23. The van der Waals surface area contributed by atoms with E-state index in [1.165, 1.54) is 18.4 Å². The molecule has 0 bridgehead atoms. The summed E-state index contributed by atoms with van der Waals surface area (Å²) in [5.41, 5.74) is 1.53. The van der Waals surface area contributed by atoms with Crippen molar-refractivity contribution in [2.45, 2.75) is 43.6 Å². The van der Waals surface area contributed by atoms with Gasteiger partial charge in [-0.05, 0) is 49.0 Å². The van der Waals surface area contributed by atoms with Gasteiger partial charge in [0.05, 0.1) is 5.54 Å². The van der Waals surface area contributed by atoms with Crippen LogP contribution in [0.25, 0.3) is 0 Å². The first-order chi connectivity index (χ1) is 12.1. The number of likely N-dealkylation sites (tertiary alicyclic amines) is 1. The van der Waals surface area contributed by atoms with E-state index < -0.39 is 0 Å². The molecule has 2 saturated carbocycles. The summed E-state index contributed by atoms with van der Waals surface area (Å²) in [7, 11) is 0. The predicted octanol–water partition coefficient (Wildman–Crippen LogP) is 2.67. The van der Waals surface area contributed by atoms with Gasteiger partial charge in [0.1, 0.15) is 6.61 Å². The SMILES string of the molecule is O=C1N[C@]2(CO1)C[C@H](C(=O)N1CCC3(CC(c4ccccc4)C3)C1)C2. The summed E-state index contributed by atoms with van der Waals surface area (Å²) in [5.74, 6) is 1.00. The molecule has 1 N–H and O–H groups in total. The number of amides is 2. The maximum absolute atomic E-state index is 12.8. The molecule has 132 valence electrons. The van der Waals surface area contributed by atoms with E-state index in [9.17, 15) is 9.59 Å². The third-order valence-corrected chi connectivity index (χ3v) is 6.85. The lowest BCUT2D eigenvalue weighted by atomic mass is 9.59. The number of hydrogen-bond donors (Lipinski definition) is 1. The largest absolute Gasteiger partial charge is 0.447 e. The van der Waals surface area contributed by atoms with Gasteiger partial charge in [0.2, 0.25) is 5.91 Å². The van der Waals surface area contributed by atoms with Crippen molar-refractivity contribution in [2.75, 3.05) is 19.7 Å². The molecule has 5 rings (SSSR count). The molecule has 0 aromatic heterocycles. The Bertz CT molecular complexity index is 705. The molecule has 0 atom stereocenters. The van der Waals surface area contributed by atoms with E-state index in [-0.39, 0.29) is 23.5 Å². The number of nitrogens with zero attached hydrogens (tertiary/aromatic N) is 1. The van der Waals surface area contributed by atoms with Crippen LogP contribution in [-0.4, -0.2) is 42.1 Å². The van der Waals surface area contributed by atoms with E-state index in [0.717, 1.165) is 32.4 Å². The Labute approximate surface area is 147 Å². The lowest BCUT2D eigenvalue weighted by Gasteiger charge is -2.46. The molecule has 1 aromatic rings. The zero-order chi connectivity index (χ0) is 17.1. The minimum atomic E-state index is -0.340. The van der Waals surface area contributed by atoms with Crippen LogP contribution in [-0.2, 0) is 9.53 Å². The number of carbonyl (C=O) groups excluding carboxylic acids is 2. The topological polar surface area (TPSA) is 58.6 Å². The first-order valence-electron chi connectivity index (χ1n) is 9.35. The number of benzene rings is 1. The molecular formula is C20H24N2O3. The number of carbonyl (C=O) groups is 2. The predicted molar refractivity (Wildman–Crippen MR) is 92.0 cm³/mol. The van der Waals surface area contributed by atoms with Crippen molar-refractivity contribution < 1.29 is 14.3 Å². The highest BCUT2D eigenvalue weighted by atomic mass is 16.6. The maximum Gasteiger partial charge on any atom is 0.407 e. The van der Waals surface area contributed by atoms with E-state index in [1.54, 1.807) is 0 Å². The van der Waals surface area contributed by atoms with Gasteiger partial charge in [-0.1, -0.05) is 30.3 Å². The van der Waals surface area contributed by atoms with Gasteiger partial charge >= 0.3 is 6.09 Å². The Kier molecular flexibility index (Phi) is 3.19. The third kappa shape index (κ3) is 2.43. The number of cyclic esters (lactones) is 1. The zero-order valence-corrected chi connectivity index (χ0v) is 14.4. The normalized spacial score (nSPS) is 39.0. The van der Waals surface area contributed by atoms with E-state index >= 15 is 0 Å². The van der Waals surface area contributed by atoms with Crippen LogP contribution >= 0.6 is 0 Å². The molecule has 2 aliphatic heterocycles. The summed E-state index contributed by atoms with van der Waals surface area (Å²) in [6, 6.07) is 10.7. The van der Waals surface area contributed by atoms with E-state index in [0.29, 0.717) is 17.9 Å². The van der Waals surface area contributed by atoms with Crippen LogP contribution in [0.4, 0.5) is 4.79 Å². The fraction of sp³-hybridized carbons (Fsp3) is 0.600. The van der Waals surface area contributed by atoms with Crippen LogP contribution in [0.1, 0.15) is 43.6 Å². The Morgan fingerprint density at radius 3 is 2.60 bits per heavy atom. The van der Waals surface area contributed by atoms with Crippen LogP contribution in [0, 0.1) is 11.3 Å². The standard InChI is InChI=1S/C20H24N2O3/c23-17(16-10-20(11-16)13-25-18(24)21-20)22-7-6-19(12-22)8-15(9-19)14-4-2-1-3-5-14/h1-5,15-16H,6-13H2,(H,21,24)/t15?,16-,19?,20+. The van der Waals surface area contributed by atoms with Crippen molar-refractivity contribution in [1.29, 1.82) is 0 Å². The van der Waals surface area contributed by atoms with Crippen LogP contribution in [0.5, 0.6) is 0 Å². The summed E-state index contributed by atoms with van der Waals surface area (Å²) in [6.07, 6.45) is 4.67. The van der Waals surface area contributed by atoms with Crippen LogP contribution in [0.3, 0.4) is 0 Å². The molecule has 2 heterocycles. The van der Waals surface area contributed by atoms with Gasteiger partial charge in [0.15, 0.2) is 0 Å². The fourth-order valence-electron chi connectivity index (χ4n) is 5.43. The van der Waals surface area contributed by atoms with Gasteiger partial charge in [-0.2, -0.15) is 0 Å². The molecule has 1 aromatic carbocycles. The van der Waals surface area contributed by atoms with E-state index in [1.807, 2.05) is 0 Å². The lowest BCUT2D eigenvalue weighted by molar-refractivity contribution is -0.140. The highest BCUT2D eigenvalue weighted by molar-refractivity contribution is 5.82. The van der Waals surface area contributed by atoms with Crippen LogP contribution in [0.2, 0.25) is 0 Å². The fourth-order valence-corrected chi connectivity index (χ4v) is 5.43. The summed E-state index contributed by atoms with van der Waals surface area (Å²) < 4.78 is 5.00. The number of nitrogens with one attached hydrogen (secondary N) is 1. The Morgan fingerprint density at radius 2 is 1.92 bits per heavy atom. The minimum Gasteiger partial charge on any atom is -0.447 e. The van der Waals surface area contributed by atoms with Gasteiger partial charge in [-0.15, -0.1) is 0 Å². The molecule has 5 nitrogen and oxygen atoms in total. The van der Waals surface area contributed by atoms with Crippen molar-refractivity contribution in [3.05, 3.63) is 35.9 Å². The second-order valence-corrected chi connectivity index (χ2v) is 8.61. The molecule has 2 saturated heterocycles. The summed E-state index contributed by atoms with van der Waals surface area (Å²) >= 11 is 0. The van der Waals surface area contributed by atoms with Gasteiger partial charge in [0.25, 0.3) is 0 Å². The number of rotatable bonds is 2. The van der Waals surface area contributed by atoms with E-state index in [4.69, 9.17) is 4.74 Å². The average molecular weight is 340 g/mol. The lowest BCUT2D eigenvalue weighted by Crippen LogP contribution is -2.58. The number of alkyl carbamates (subject to hydrolysis) is 1. The summed E-state index contributed by atoms with van der Waals surface area (Å²) in [5, 5.41) is 2.87. The Balaban J connectivity index is 1.16. The molecule has 2 spiro atoms. The van der Waals surface area contributed by atoms with Gasteiger partial charge in [-0.3, -0.25) is 4.79 Å². The number of hydrogen-bond acceptors (Lipinski definition) is 3. The smallest absolute Gasteiger partial charge is 0.407 e. The zero-order valence-electron chi connectivity index (χ0n) is 14.4. The van der Waals surface area contributed by atoms with Crippen molar-refractivity contribution in [3.63, 3.8) is 0 Å². The molecule has 2 aliphatic carbocycles. The average Bonchev–Trinajstić information content (AvgIpc) is 3.17. The van der Waals surface area contributed by atoms with Crippen molar-refractivity contribution in [2.24, 2.45) is 11.3 Å². The van der Waals surface area contributed by atoms with Gasteiger partial charge < -0.3 is 15.0 Å². The molecule has 0 radical (unpaired) electrons. The van der Waals surface area contributed by atoms with E-state index in [2.05, 4.69) is 40.5 Å². The second kappa shape index (κ2) is 5.23. The molecule has 4 fully saturated rings. The van der Waals surface area contributed by atoms with Crippen molar-refractivity contribution >= 4 is 12.0 Å². The third-order valence-electron chi connectivity index (χ3n) is 6.85. The molecule has 2 amide bonds. The van der Waals surface area contributed by atoms with Gasteiger partial charge in [-0.25, -0.2) is 4.79 Å². The Morgan fingerprint density at radius 1 is 1.16 bits per heavy atom. The maximum atomic E-state index is 12.8.